The smallest absolute Gasteiger partial charge is 0.137 e. The minimum atomic E-state index is -1.66. The number of hydrogen-bond donors (Lipinski definition) is 1. The summed E-state index contributed by atoms with van der Waals surface area (Å²) in [5, 5.41) is 15.4. The van der Waals surface area contributed by atoms with Gasteiger partial charge in [-0.1, -0.05) is 60.7 Å². The Hall–Kier alpha value is -3.88. The lowest BCUT2D eigenvalue weighted by Crippen LogP contribution is -2.34. The molecule has 1 unspecified atom stereocenters. The fraction of sp³-hybridized carbons (Fsp3) is 0.267. The third-order valence-corrected chi connectivity index (χ3v) is 6.34. The Morgan fingerprint density at radius 2 is 1.84 bits per heavy atom. The molecular weight excluding hydrogens is 486 g/mol. The summed E-state index contributed by atoms with van der Waals surface area (Å²) in [6, 6.07) is 21.2. The van der Waals surface area contributed by atoms with Crippen LogP contribution in [-0.4, -0.2) is 51.5 Å². The van der Waals surface area contributed by atoms with E-state index in [1.807, 2.05) is 42.5 Å². The van der Waals surface area contributed by atoms with Crippen molar-refractivity contribution in [1.82, 2.24) is 19.7 Å². The Morgan fingerprint density at radius 3 is 2.55 bits per heavy atom. The second-order valence-electron chi connectivity index (χ2n) is 9.32. The fourth-order valence-corrected chi connectivity index (χ4v) is 4.18. The van der Waals surface area contributed by atoms with Gasteiger partial charge in [-0.15, -0.1) is 0 Å². The first-order valence-corrected chi connectivity index (χ1v) is 12.5. The van der Waals surface area contributed by atoms with Crippen molar-refractivity contribution in [2.24, 2.45) is 0 Å². The van der Waals surface area contributed by atoms with E-state index in [9.17, 15) is 13.9 Å². The molecule has 38 heavy (non-hydrogen) atoms. The molecule has 8 heteroatoms. The molecule has 1 atom stereocenters. The highest BCUT2D eigenvalue weighted by atomic mass is 19.1. The zero-order valence-corrected chi connectivity index (χ0v) is 21.4. The highest BCUT2D eigenvalue weighted by Crippen LogP contribution is 2.30. The first kappa shape index (κ1) is 27.2. The number of rotatable bonds is 13. The maximum atomic E-state index is 14.6. The van der Waals surface area contributed by atoms with E-state index in [-0.39, 0.29) is 25.1 Å². The predicted molar refractivity (Wildman–Crippen MR) is 144 cm³/mol. The van der Waals surface area contributed by atoms with E-state index in [1.165, 1.54) is 34.5 Å². The number of likely N-dealkylation sites (N-methyl/N-ethyl adjacent to an activating group) is 1. The minimum Gasteiger partial charge on any atom is -0.493 e. The lowest BCUT2D eigenvalue weighted by atomic mass is 9.90. The Balaban J connectivity index is 1.28. The molecule has 0 radical (unpaired) electrons. The minimum absolute atomic E-state index is 0.0175. The Kier molecular flexibility index (Phi) is 9.35. The highest BCUT2D eigenvalue weighted by Gasteiger charge is 2.33. The van der Waals surface area contributed by atoms with Crippen molar-refractivity contribution in [1.29, 1.82) is 0 Å². The molecule has 0 bridgehead atoms. The standard InChI is InChI=1S/C30H32F2N4O2/c1-35(17-5-8-24-6-3-2-4-7-24)18-15-25-9-12-27(13-10-25)38-19-16-30(37,21-36-23-33-22-34-36)28-14-11-26(31)20-29(28)32/h2-14,20,22-23,37H,15-19,21H2,1H3/b8-5+. The molecule has 0 aliphatic carbocycles. The number of hydrogen-bond acceptors (Lipinski definition) is 5. The summed E-state index contributed by atoms with van der Waals surface area (Å²) < 4.78 is 35.3. The molecule has 1 heterocycles. The molecule has 0 saturated heterocycles. The number of nitrogens with zero attached hydrogens (tertiary/aromatic N) is 4. The first-order chi connectivity index (χ1) is 18.4. The van der Waals surface area contributed by atoms with E-state index >= 15 is 0 Å². The van der Waals surface area contributed by atoms with Crippen LogP contribution in [0.5, 0.6) is 5.75 Å². The topological polar surface area (TPSA) is 63.4 Å². The van der Waals surface area contributed by atoms with Gasteiger partial charge in [-0.3, -0.25) is 0 Å². The second kappa shape index (κ2) is 13.1. The van der Waals surface area contributed by atoms with Gasteiger partial charge in [-0.25, -0.2) is 18.4 Å². The largest absolute Gasteiger partial charge is 0.493 e. The summed E-state index contributed by atoms with van der Waals surface area (Å²) >= 11 is 0. The van der Waals surface area contributed by atoms with Gasteiger partial charge in [0.25, 0.3) is 0 Å². The second-order valence-corrected chi connectivity index (χ2v) is 9.32. The number of aliphatic hydroxyl groups is 1. The molecule has 0 fully saturated rings. The van der Waals surface area contributed by atoms with Crippen LogP contribution in [0.25, 0.3) is 6.08 Å². The summed E-state index contributed by atoms with van der Waals surface area (Å²) in [6.45, 7) is 1.85. The fourth-order valence-electron chi connectivity index (χ4n) is 4.18. The summed E-state index contributed by atoms with van der Waals surface area (Å²) in [5.74, 6) is -0.881. The molecule has 0 spiro atoms. The first-order valence-electron chi connectivity index (χ1n) is 12.5. The number of benzene rings is 3. The van der Waals surface area contributed by atoms with Crippen LogP contribution in [0.2, 0.25) is 0 Å². The molecule has 6 nitrogen and oxygen atoms in total. The number of aromatic nitrogens is 3. The van der Waals surface area contributed by atoms with Crippen LogP contribution in [0.15, 0.2) is 91.5 Å². The van der Waals surface area contributed by atoms with Crippen LogP contribution in [0.1, 0.15) is 23.1 Å². The lowest BCUT2D eigenvalue weighted by Gasteiger charge is -2.29. The molecule has 4 aromatic rings. The van der Waals surface area contributed by atoms with Crippen LogP contribution in [0.3, 0.4) is 0 Å². The van der Waals surface area contributed by atoms with E-state index in [0.29, 0.717) is 5.75 Å². The van der Waals surface area contributed by atoms with Crippen LogP contribution >= 0.6 is 0 Å². The van der Waals surface area contributed by atoms with E-state index in [1.54, 1.807) is 0 Å². The molecule has 0 saturated carbocycles. The molecule has 1 aromatic heterocycles. The van der Waals surface area contributed by atoms with Crippen molar-refractivity contribution in [3.63, 3.8) is 0 Å². The van der Waals surface area contributed by atoms with Gasteiger partial charge < -0.3 is 14.7 Å². The molecule has 0 aliphatic rings. The molecule has 4 rings (SSSR count). The van der Waals surface area contributed by atoms with Crippen molar-refractivity contribution < 1.29 is 18.6 Å². The maximum absolute atomic E-state index is 14.6. The third-order valence-electron chi connectivity index (χ3n) is 6.34. The number of ether oxygens (including phenoxy) is 1. The van der Waals surface area contributed by atoms with Crippen LogP contribution in [0.4, 0.5) is 8.78 Å². The lowest BCUT2D eigenvalue weighted by molar-refractivity contribution is -0.00793. The maximum Gasteiger partial charge on any atom is 0.137 e. The molecule has 0 amide bonds. The van der Waals surface area contributed by atoms with E-state index in [4.69, 9.17) is 4.74 Å². The van der Waals surface area contributed by atoms with Gasteiger partial charge >= 0.3 is 0 Å². The van der Waals surface area contributed by atoms with Gasteiger partial charge in [0.05, 0.1) is 13.2 Å². The van der Waals surface area contributed by atoms with Crippen molar-refractivity contribution in [3.8, 4) is 5.75 Å². The highest BCUT2D eigenvalue weighted by molar-refractivity contribution is 5.48. The number of halogens is 2. The average Bonchev–Trinajstić information content (AvgIpc) is 3.41. The van der Waals surface area contributed by atoms with Crippen molar-refractivity contribution >= 4 is 6.08 Å². The summed E-state index contributed by atoms with van der Waals surface area (Å²) in [6.07, 6.45) is 8.02. The predicted octanol–water partition coefficient (Wildman–Crippen LogP) is 5.10. The van der Waals surface area contributed by atoms with Crippen molar-refractivity contribution in [2.45, 2.75) is 25.0 Å². The molecule has 1 N–H and O–H groups in total. The van der Waals surface area contributed by atoms with E-state index in [0.717, 1.165) is 31.6 Å². The Bertz CT molecular complexity index is 1300. The van der Waals surface area contributed by atoms with Gasteiger partial charge in [0.1, 0.15) is 35.6 Å². The SMILES string of the molecule is CN(C/C=C/c1ccccc1)CCc1ccc(OCCC(O)(Cn2cncn2)c2ccc(F)cc2F)cc1. The summed E-state index contributed by atoms with van der Waals surface area (Å²) in [5.41, 5.74) is 0.699. The van der Waals surface area contributed by atoms with Crippen molar-refractivity contribution in [2.75, 3.05) is 26.7 Å². The summed E-state index contributed by atoms with van der Waals surface area (Å²) in [4.78, 5) is 6.13. The van der Waals surface area contributed by atoms with E-state index in [2.05, 4.69) is 46.3 Å². The van der Waals surface area contributed by atoms with Gasteiger partial charge in [-0.2, -0.15) is 5.10 Å². The monoisotopic (exact) mass is 518 g/mol. The van der Waals surface area contributed by atoms with Crippen LogP contribution < -0.4 is 4.74 Å². The molecular formula is C30H32F2N4O2. The Labute approximate surface area is 221 Å². The van der Waals surface area contributed by atoms with Crippen molar-refractivity contribution in [3.05, 3.63) is 120 Å². The third kappa shape index (κ3) is 7.81. The van der Waals surface area contributed by atoms with Gasteiger partial charge in [0, 0.05) is 31.1 Å². The van der Waals surface area contributed by atoms with E-state index < -0.39 is 17.2 Å². The average molecular weight is 519 g/mol. The van der Waals surface area contributed by atoms with Gasteiger partial charge in [0.15, 0.2) is 0 Å². The zero-order valence-electron chi connectivity index (χ0n) is 21.4. The van der Waals surface area contributed by atoms with Gasteiger partial charge in [0.2, 0.25) is 0 Å². The quantitative estimate of drug-likeness (QED) is 0.267. The van der Waals surface area contributed by atoms with Gasteiger partial charge in [-0.05, 0) is 42.8 Å². The zero-order chi connectivity index (χ0) is 26.8. The normalized spacial score (nSPS) is 13.2. The van der Waals surface area contributed by atoms with Crippen LogP contribution in [0, 0.1) is 11.6 Å². The van der Waals surface area contributed by atoms with Crippen LogP contribution in [-0.2, 0) is 18.6 Å². The summed E-state index contributed by atoms with van der Waals surface area (Å²) in [7, 11) is 2.09. The molecule has 3 aromatic carbocycles. The molecule has 0 aliphatic heterocycles. The molecule has 198 valence electrons. The Morgan fingerprint density at radius 1 is 1.05 bits per heavy atom.